The van der Waals surface area contributed by atoms with Gasteiger partial charge in [0.2, 0.25) is 0 Å². The number of carbonyl (C=O) groups excluding carboxylic acids is 1. The summed E-state index contributed by atoms with van der Waals surface area (Å²) in [6.45, 7) is 3.13. The molecule has 0 bridgehead atoms. The Morgan fingerprint density at radius 3 is 2.80 bits per heavy atom. The maximum atomic E-state index is 11.6. The van der Waals surface area contributed by atoms with E-state index >= 15 is 0 Å². The van der Waals surface area contributed by atoms with E-state index in [9.17, 15) is 13.2 Å². The Morgan fingerprint density at radius 2 is 2.25 bits per heavy atom. The van der Waals surface area contributed by atoms with Crippen LogP contribution in [-0.2, 0) is 19.3 Å². The number of ether oxygens (including phenoxy) is 2. The summed E-state index contributed by atoms with van der Waals surface area (Å²) in [5, 5.41) is 3.57. The van der Waals surface area contributed by atoms with Crippen LogP contribution in [0.2, 0.25) is 0 Å². The van der Waals surface area contributed by atoms with Gasteiger partial charge in [-0.25, -0.2) is 13.2 Å². The zero-order chi connectivity index (χ0) is 15.0. The van der Waals surface area contributed by atoms with E-state index < -0.39 is 28.1 Å². The number of hydrogen-bond donors (Lipinski definition) is 1. The molecule has 20 heavy (non-hydrogen) atoms. The van der Waals surface area contributed by atoms with E-state index in [1.807, 2.05) is 6.92 Å². The molecule has 0 saturated carbocycles. The van der Waals surface area contributed by atoms with Crippen molar-refractivity contribution in [1.82, 2.24) is 5.32 Å². The van der Waals surface area contributed by atoms with Crippen molar-refractivity contribution in [1.29, 1.82) is 0 Å². The average Bonchev–Trinajstić information content (AvgIpc) is 2.72. The molecule has 0 aromatic rings. The maximum Gasteiger partial charge on any atom is 0.407 e. The van der Waals surface area contributed by atoms with Crippen molar-refractivity contribution in [2.24, 2.45) is 0 Å². The van der Waals surface area contributed by atoms with E-state index in [2.05, 4.69) is 5.32 Å². The maximum absolute atomic E-state index is 11.6. The van der Waals surface area contributed by atoms with Gasteiger partial charge in [0, 0.05) is 18.4 Å². The third-order valence-electron chi connectivity index (χ3n) is 2.61. The largest absolute Gasteiger partial charge is 0.445 e. The number of rotatable bonds is 8. The van der Waals surface area contributed by atoms with Crippen LogP contribution in [0.1, 0.15) is 19.8 Å². The molecule has 2 unspecified atom stereocenters. The standard InChI is InChI=1S/C12H20ClNO5S/c1-2-5-18-6-3-11(8-13)19-12(15)14-10-4-7-20(16,17)9-10/h4,7,10-11H,2-3,5-6,8-9H2,1H3,(H,14,15). The van der Waals surface area contributed by atoms with Crippen LogP contribution in [0.5, 0.6) is 0 Å². The number of amides is 1. The quantitative estimate of drug-likeness (QED) is 0.539. The highest BCUT2D eigenvalue weighted by Gasteiger charge is 2.24. The fourth-order valence-corrected chi connectivity index (χ4v) is 3.08. The number of alkyl carbamates (subject to hydrolysis) is 1. The molecule has 1 amide bonds. The van der Waals surface area contributed by atoms with E-state index in [0.717, 1.165) is 11.8 Å². The molecule has 116 valence electrons. The lowest BCUT2D eigenvalue weighted by molar-refractivity contribution is 0.0674. The minimum absolute atomic E-state index is 0.132. The topological polar surface area (TPSA) is 81.7 Å². The summed E-state index contributed by atoms with van der Waals surface area (Å²) in [6, 6.07) is -0.542. The molecule has 0 fully saturated rings. The number of halogens is 1. The monoisotopic (exact) mass is 325 g/mol. The first kappa shape index (κ1) is 17.3. The van der Waals surface area contributed by atoms with Gasteiger partial charge in [-0.05, 0) is 12.5 Å². The van der Waals surface area contributed by atoms with Gasteiger partial charge in [-0.1, -0.05) is 6.92 Å². The van der Waals surface area contributed by atoms with Crippen LogP contribution in [0, 0.1) is 0 Å². The van der Waals surface area contributed by atoms with Crippen molar-refractivity contribution in [2.45, 2.75) is 31.9 Å². The second-order valence-corrected chi connectivity index (χ2v) is 6.73. The lowest BCUT2D eigenvalue weighted by atomic mass is 10.3. The summed E-state index contributed by atoms with van der Waals surface area (Å²) in [5.41, 5.74) is 0. The number of sulfone groups is 1. The third kappa shape index (κ3) is 6.58. The van der Waals surface area contributed by atoms with E-state index in [1.165, 1.54) is 6.08 Å². The Balaban J connectivity index is 2.27. The molecule has 1 aliphatic rings. The Kier molecular flexibility index (Phi) is 7.32. The lowest BCUT2D eigenvalue weighted by Crippen LogP contribution is -2.38. The number of hydrogen-bond acceptors (Lipinski definition) is 5. The SMILES string of the molecule is CCCOCCC(CCl)OC(=O)NC1C=CS(=O)(=O)C1. The van der Waals surface area contributed by atoms with E-state index in [1.54, 1.807) is 0 Å². The minimum Gasteiger partial charge on any atom is -0.445 e. The second-order valence-electron chi connectivity index (χ2n) is 4.49. The fourth-order valence-electron chi connectivity index (χ4n) is 1.63. The molecule has 0 radical (unpaired) electrons. The van der Waals surface area contributed by atoms with Gasteiger partial charge in [-0.3, -0.25) is 0 Å². The van der Waals surface area contributed by atoms with Crippen molar-refractivity contribution >= 4 is 27.5 Å². The Labute approximate surface area is 124 Å². The predicted octanol–water partition coefficient (Wildman–Crippen LogP) is 1.45. The van der Waals surface area contributed by atoms with Crippen LogP contribution in [0.15, 0.2) is 11.5 Å². The summed E-state index contributed by atoms with van der Waals surface area (Å²) in [7, 11) is -3.19. The van der Waals surface area contributed by atoms with Crippen molar-refractivity contribution in [3.05, 3.63) is 11.5 Å². The van der Waals surface area contributed by atoms with Crippen LogP contribution in [0.4, 0.5) is 4.79 Å². The molecule has 0 aliphatic carbocycles. The molecule has 1 rings (SSSR count). The van der Waals surface area contributed by atoms with Crippen molar-refractivity contribution < 1.29 is 22.7 Å². The van der Waals surface area contributed by atoms with Gasteiger partial charge < -0.3 is 14.8 Å². The number of carbonyl (C=O) groups is 1. The van der Waals surface area contributed by atoms with Gasteiger partial charge in [-0.2, -0.15) is 0 Å². The molecule has 6 nitrogen and oxygen atoms in total. The van der Waals surface area contributed by atoms with Gasteiger partial charge >= 0.3 is 6.09 Å². The molecule has 1 N–H and O–H groups in total. The minimum atomic E-state index is -3.19. The van der Waals surface area contributed by atoms with Crippen molar-refractivity contribution in [3.8, 4) is 0 Å². The van der Waals surface area contributed by atoms with Gasteiger partial charge in [0.15, 0.2) is 9.84 Å². The normalized spacial score (nSPS) is 21.6. The Hall–Kier alpha value is -0.790. The summed E-state index contributed by atoms with van der Waals surface area (Å²) in [6.07, 6.45) is 1.75. The third-order valence-corrected chi connectivity index (χ3v) is 4.35. The fraction of sp³-hybridized carbons (Fsp3) is 0.750. The first-order chi connectivity index (χ1) is 9.46. The van der Waals surface area contributed by atoms with Gasteiger partial charge in [0.05, 0.1) is 24.3 Å². The highest BCUT2D eigenvalue weighted by Crippen LogP contribution is 2.09. The van der Waals surface area contributed by atoms with Gasteiger partial charge in [0.25, 0.3) is 0 Å². The molecule has 1 heterocycles. The smallest absolute Gasteiger partial charge is 0.407 e. The number of nitrogens with one attached hydrogen (secondary N) is 1. The summed E-state index contributed by atoms with van der Waals surface area (Å²) >= 11 is 5.72. The van der Waals surface area contributed by atoms with Crippen LogP contribution in [0.25, 0.3) is 0 Å². The van der Waals surface area contributed by atoms with Crippen molar-refractivity contribution in [3.63, 3.8) is 0 Å². The molecule has 0 saturated heterocycles. The van der Waals surface area contributed by atoms with Crippen molar-refractivity contribution in [2.75, 3.05) is 24.8 Å². The predicted molar refractivity (Wildman–Crippen MR) is 76.6 cm³/mol. The highest BCUT2D eigenvalue weighted by atomic mass is 35.5. The average molecular weight is 326 g/mol. The molecule has 1 aliphatic heterocycles. The van der Waals surface area contributed by atoms with Gasteiger partial charge in [0.1, 0.15) is 6.10 Å². The Morgan fingerprint density at radius 1 is 1.50 bits per heavy atom. The highest BCUT2D eigenvalue weighted by molar-refractivity contribution is 7.94. The Bertz CT molecular complexity index is 437. The van der Waals surface area contributed by atoms with Crippen LogP contribution < -0.4 is 5.32 Å². The summed E-state index contributed by atoms with van der Waals surface area (Å²) in [4.78, 5) is 11.6. The van der Waals surface area contributed by atoms with E-state index in [-0.39, 0.29) is 11.6 Å². The van der Waals surface area contributed by atoms with Crippen LogP contribution in [0.3, 0.4) is 0 Å². The second kappa shape index (κ2) is 8.49. The first-order valence-corrected chi connectivity index (χ1v) is 8.73. The van der Waals surface area contributed by atoms with E-state index in [0.29, 0.717) is 19.6 Å². The zero-order valence-electron chi connectivity index (χ0n) is 11.4. The molecule has 0 aromatic carbocycles. The molecule has 2 atom stereocenters. The van der Waals surface area contributed by atoms with Gasteiger partial charge in [-0.15, -0.1) is 11.6 Å². The van der Waals surface area contributed by atoms with E-state index in [4.69, 9.17) is 21.1 Å². The molecule has 0 aromatic heterocycles. The van der Waals surface area contributed by atoms with Crippen LogP contribution >= 0.6 is 11.6 Å². The molecular weight excluding hydrogens is 306 g/mol. The summed E-state index contributed by atoms with van der Waals surface area (Å²) < 4.78 is 32.8. The summed E-state index contributed by atoms with van der Waals surface area (Å²) in [5.74, 6) is 0.0367. The number of alkyl halides is 1. The zero-order valence-corrected chi connectivity index (χ0v) is 13.0. The lowest BCUT2D eigenvalue weighted by Gasteiger charge is -2.17. The molecule has 8 heteroatoms. The first-order valence-electron chi connectivity index (χ1n) is 6.48. The van der Waals surface area contributed by atoms with Crippen LogP contribution in [-0.4, -0.2) is 51.5 Å². The molecule has 0 spiro atoms. The molecular formula is C12H20ClNO5S.